The molecule has 0 aromatic rings. The molecule has 2 rings (SSSR count). The highest BCUT2D eigenvalue weighted by Gasteiger charge is 2.37. The Morgan fingerprint density at radius 3 is 2.88 bits per heavy atom. The van der Waals surface area contributed by atoms with Crippen LogP contribution in [0.15, 0.2) is 15.4 Å². The minimum absolute atomic E-state index is 0.379. The Labute approximate surface area is 97.0 Å². The summed E-state index contributed by atoms with van der Waals surface area (Å²) in [6.45, 7) is 5.37. The number of nitrogens with zero attached hydrogens (tertiary/aromatic N) is 4. The second kappa shape index (κ2) is 4.80. The normalized spacial score (nSPS) is 31.8. The van der Waals surface area contributed by atoms with E-state index < -0.39 is 0 Å². The van der Waals surface area contributed by atoms with Crippen molar-refractivity contribution in [2.75, 3.05) is 13.6 Å². The molecule has 0 aromatic carbocycles. The van der Waals surface area contributed by atoms with Crippen LogP contribution in [0, 0.1) is 11.8 Å². The minimum Gasteiger partial charge on any atom is -0.297 e. The molecule has 90 valence electrons. The molecule has 16 heavy (non-hydrogen) atoms. The van der Waals surface area contributed by atoms with Gasteiger partial charge in [0.05, 0.1) is 18.6 Å². The van der Waals surface area contributed by atoms with Gasteiger partial charge in [-0.05, 0) is 5.92 Å². The van der Waals surface area contributed by atoms with Crippen LogP contribution < -0.4 is 5.43 Å². The van der Waals surface area contributed by atoms with Crippen molar-refractivity contribution in [2.24, 2.45) is 27.3 Å². The second-order valence-corrected chi connectivity index (χ2v) is 4.80. The topological polar surface area (TPSA) is 52.4 Å². The van der Waals surface area contributed by atoms with Gasteiger partial charge in [0.2, 0.25) is 0 Å². The largest absolute Gasteiger partial charge is 0.297 e. The van der Waals surface area contributed by atoms with Gasteiger partial charge in [-0.25, -0.2) is 0 Å². The second-order valence-electron chi connectivity index (χ2n) is 4.80. The quantitative estimate of drug-likeness (QED) is 0.788. The van der Waals surface area contributed by atoms with Crippen molar-refractivity contribution in [3.63, 3.8) is 0 Å². The van der Waals surface area contributed by atoms with E-state index in [2.05, 4.69) is 46.8 Å². The molecular formula is C11H21N5. The third-order valence-electron chi connectivity index (χ3n) is 3.87. The summed E-state index contributed by atoms with van der Waals surface area (Å²) in [6.07, 6.45) is 4.25. The molecule has 2 aliphatic heterocycles. The van der Waals surface area contributed by atoms with E-state index in [4.69, 9.17) is 0 Å². The van der Waals surface area contributed by atoms with Crippen LogP contribution in [0.2, 0.25) is 0 Å². The zero-order valence-electron chi connectivity index (χ0n) is 10.3. The van der Waals surface area contributed by atoms with Crippen molar-refractivity contribution >= 4 is 6.21 Å². The van der Waals surface area contributed by atoms with Gasteiger partial charge in [0.15, 0.2) is 0 Å². The van der Waals surface area contributed by atoms with Crippen LogP contribution in [-0.4, -0.2) is 36.9 Å². The molecule has 4 atom stereocenters. The molecule has 0 bridgehead atoms. The first-order valence-corrected chi connectivity index (χ1v) is 6.11. The molecule has 1 N–H and O–H groups in total. The van der Waals surface area contributed by atoms with Gasteiger partial charge in [-0.1, -0.05) is 25.5 Å². The average molecular weight is 223 g/mol. The van der Waals surface area contributed by atoms with Crippen LogP contribution in [0.25, 0.3) is 0 Å². The van der Waals surface area contributed by atoms with Crippen LogP contribution in [-0.2, 0) is 0 Å². The molecule has 0 radical (unpaired) electrons. The number of hydrazone groups is 1. The summed E-state index contributed by atoms with van der Waals surface area (Å²) in [7, 11) is 2.06. The lowest BCUT2D eigenvalue weighted by Gasteiger charge is -2.35. The van der Waals surface area contributed by atoms with E-state index in [-0.39, 0.29) is 0 Å². The Hall–Kier alpha value is -1.13. The standard InChI is InChI=1S/C11H21N5/c1-4-8(2)11(9-7-12-15-14-9)10-5-6-13-16(10)3/h6,8-11H,4-5,7H2,1-3H3,(H,12,14)/t8?,9-,10?,11+/m1/s1. The zero-order chi connectivity index (χ0) is 11.5. The molecule has 5 heteroatoms. The van der Waals surface area contributed by atoms with Crippen LogP contribution >= 0.6 is 0 Å². The van der Waals surface area contributed by atoms with Crippen LogP contribution in [0.3, 0.4) is 0 Å². The van der Waals surface area contributed by atoms with E-state index in [9.17, 15) is 0 Å². The number of hydrogen-bond donors (Lipinski definition) is 1. The maximum atomic E-state index is 4.35. The fourth-order valence-corrected chi connectivity index (χ4v) is 2.74. The van der Waals surface area contributed by atoms with Crippen LogP contribution in [0.1, 0.15) is 26.7 Å². The van der Waals surface area contributed by atoms with E-state index in [0.29, 0.717) is 23.9 Å². The molecule has 0 spiro atoms. The fourth-order valence-electron chi connectivity index (χ4n) is 2.74. The molecule has 0 aliphatic carbocycles. The molecule has 0 saturated heterocycles. The Morgan fingerprint density at radius 1 is 1.56 bits per heavy atom. The third-order valence-corrected chi connectivity index (χ3v) is 3.87. The van der Waals surface area contributed by atoms with Gasteiger partial charge in [0.25, 0.3) is 0 Å². The first-order valence-electron chi connectivity index (χ1n) is 6.11. The molecule has 0 aromatic heterocycles. The summed E-state index contributed by atoms with van der Waals surface area (Å²) in [6, 6.07) is 0.875. The highest BCUT2D eigenvalue weighted by molar-refractivity contribution is 5.59. The summed E-state index contributed by atoms with van der Waals surface area (Å²) in [5.74, 6) is 1.22. The smallest absolute Gasteiger partial charge is 0.0842 e. The van der Waals surface area contributed by atoms with Gasteiger partial charge in [-0.3, -0.25) is 10.4 Å². The van der Waals surface area contributed by atoms with Gasteiger partial charge in [0.1, 0.15) is 0 Å². The Kier molecular flexibility index (Phi) is 3.41. The fraction of sp³-hybridized carbons (Fsp3) is 0.909. The van der Waals surface area contributed by atoms with E-state index in [0.717, 1.165) is 13.0 Å². The average Bonchev–Trinajstić information content (AvgIpc) is 2.92. The zero-order valence-corrected chi connectivity index (χ0v) is 10.3. The Bertz CT molecular complexity index is 280. The molecule has 0 saturated carbocycles. The summed E-state index contributed by atoms with van der Waals surface area (Å²) in [4.78, 5) is 0. The van der Waals surface area contributed by atoms with Gasteiger partial charge in [0, 0.05) is 25.6 Å². The lowest BCUT2D eigenvalue weighted by Crippen LogP contribution is -2.46. The summed E-state index contributed by atoms with van der Waals surface area (Å²) >= 11 is 0. The van der Waals surface area contributed by atoms with Gasteiger partial charge >= 0.3 is 0 Å². The lowest BCUT2D eigenvalue weighted by atomic mass is 9.79. The molecular weight excluding hydrogens is 202 g/mol. The van der Waals surface area contributed by atoms with Crippen molar-refractivity contribution in [2.45, 2.75) is 38.8 Å². The first kappa shape index (κ1) is 11.4. The Morgan fingerprint density at radius 2 is 2.38 bits per heavy atom. The monoisotopic (exact) mass is 223 g/mol. The van der Waals surface area contributed by atoms with Crippen LogP contribution in [0.5, 0.6) is 0 Å². The van der Waals surface area contributed by atoms with E-state index in [1.165, 1.54) is 6.42 Å². The number of rotatable bonds is 4. The third kappa shape index (κ3) is 2.03. The van der Waals surface area contributed by atoms with Gasteiger partial charge in [-0.15, -0.1) is 0 Å². The van der Waals surface area contributed by atoms with E-state index >= 15 is 0 Å². The lowest BCUT2D eigenvalue weighted by molar-refractivity contribution is 0.130. The van der Waals surface area contributed by atoms with Crippen molar-refractivity contribution in [1.82, 2.24) is 10.4 Å². The van der Waals surface area contributed by atoms with Crippen molar-refractivity contribution in [3.8, 4) is 0 Å². The van der Waals surface area contributed by atoms with Crippen molar-refractivity contribution < 1.29 is 0 Å². The SMILES string of the molecule is CCC(C)[C@H](C1CC=NN1C)[C@H]1CN=NN1. The molecule has 2 aliphatic rings. The Balaban J connectivity index is 2.08. The predicted octanol–water partition coefficient (Wildman–Crippen LogP) is 1.68. The highest BCUT2D eigenvalue weighted by Crippen LogP contribution is 2.30. The number of hydrogen-bond acceptors (Lipinski definition) is 5. The molecule has 2 unspecified atom stereocenters. The summed E-state index contributed by atoms with van der Waals surface area (Å²) in [5, 5.41) is 14.4. The molecule has 5 nitrogen and oxygen atoms in total. The van der Waals surface area contributed by atoms with Gasteiger partial charge in [-0.2, -0.15) is 10.2 Å². The molecule has 0 amide bonds. The maximum Gasteiger partial charge on any atom is 0.0842 e. The minimum atomic E-state index is 0.379. The van der Waals surface area contributed by atoms with E-state index in [1.54, 1.807) is 0 Å². The molecule has 0 fully saturated rings. The first-order chi connectivity index (χ1) is 7.74. The van der Waals surface area contributed by atoms with Crippen molar-refractivity contribution in [1.29, 1.82) is 0 Å². The van der Waals surface area contributed by atoms with E-state index in [1.807, 2.05) is 6.21 Å². The maximum absolute atomic E-state index is 4.35. The van der Waals surface area contributed by atoms with Crippen molar-refractivity contribution in [3.05, 3.63) is 0 Å². The molecule has 2 heterocycles. The predicted molar refractivity (Wildman–Crippen MR) is 64.3 cm³/mol. The van der Waals surface area contributed by atoms with Gasteiger partial charge < -0.3 is 0 Å². The highest BCUT2D eigenvalue weighted by atomic mass is 15.5. The number of nitrogens with one attached hydrogen (secondary N) is 1. The summed E-state index contributed by atoms with van der Waals surface area (Å²) < 4.78 is 0. The van der Waals surface area contributed by atoms with Crippen LogP contribution in [0.4, 0.5) is 0 Å². The summed E-state index contributed by atoms with van der Waals surface area (Å²) in [5.41, 5.74) is 3.15.